The standard InChI is InChI=1S/C24H19FN2O6S/c1-30-16-8-6-15(7-9-16)26-23-24(27-22(33-23)18-4-2-3-5-19(18)25)34(28,29)17-10-11-20-21(14-17)32-13-12-31-20/h2-11,14,26H,12-13H2,1H3. The van der Waals surface area contributed by atoms with Gasteiger partial charge in [0.1, 0.15) is 24.8 Å². The molecule has 34 heavy (non-hydrogen) atoms. The minimum absolute atomic E-state index is 0.0314. The van der Waals surface area contributed by atoms with E-state index in [2.05, 4.69) is 10.3 Å². The van der Waals surface area contributed by atoms with Crippen molar-refractivity contribution in [3.63, 3.8) is 0 Å². The molecule has 3 aromatic carbocycles. The summed E-state index contributed by atoms with van der Waals surface area (Å²) >= 11 is 0. The molecule has 8 nitrogen and oxygen atoms in total. The number of nitrogens with zero attached hydrogens (tertiary/aromatic N) is 1. The van der Waals surface area contributed by atoms with E-state index in [0.717, 1.165) is 0 Å². The molecule has 5 rings (SSSR count). The molecule has 1 aliphatic heterocycles. The SMILES string of the molecule is COc1ccc(Nc2oc(-c3ccccc3F)nc2S(=O)(=O)c2ccc3c(c2)OCCO3)cc1. The zero-order chi connectivity index (χ0) is 23.7. The summed E-state index contributed by atoms with van der Waals surface area (Å²) in [6, 6.07) is 16.9. The van der Waals surface area contributed by atoms with Gasteiger partial charge in [0.15, 0.2) is 11.5 Å². The smallest absolute Gasteiger partial charge is 0.238 e. The van der Waals surface area contributed by atoms with Crippen LogP contribution < -0.4 is 19.5 Å². The maximum atomic E-state index is 14.4. The second kappa shape index (κ2) is 8.71. The molecule has 0 amide bonds. The van der Waals surface area contributed by atoms with Crippen molar-refractivity contribution in [3.05, 3.63) is 72.5 Å². The lowest BCUT2D eigenvalue weighted by atomic mass is 10.2. The number of fused-ring (bicyclic) bond motifs is 1. The molecule has 0 atom stereocenters. The van der Waals surface area contributed by atoms with Gasteiger partial charge in [-0.15, -0.1) is 0 Å². The molecule has 174 valence electrons. The lowest BCUT2D eigenvalue weighted by Crippen LogP contribution is -2.16. The molecule has 0 fully saturated rings. The van der Waals surface area contributed by atoms with E-state index in [1.807, 2.05) is 0 Å². The number of sulfone groups is 1. The molecular weight excluding hydrogens is 463 g/mol. The third kappa shape index (κ3) is 4.03. The molecule has 4 aromatic rings. The number of methoxy groups -OCH3 is 1. The summed E-state index contributed by atoms with van der Waals surface area (Å²) in [7, 11) is -2.65. The maximum absolute atomic E-state index is 14.4. The van der Waals surface area contributed by atoms with E-state index >= 15 is 0 Å². The fourth-order valence-corrected chi connectivity index (χ4v) is 4.70. The second-order valence-electron chi connectivity index (χ2n) is 7.30. The number of halogens is 1. The van der Waals surface area contributed by atoms with Crippen molar-refractivity contribution in [2.45, 2.75) is 9.92 Å². The molecule has 1 N–H and O–H groups in total. The summed E-state index contributed by atoms with van der Waals surface area (Å²) in [6.07, 6.45) is 0. The van der Waals surface area contributed by atoms with E-state index in [9.17, 15) is 12.8 Å². The van der Waals surface area contributed by atoms with Gasteiger partial charge in [0.05, 0.1) is 17.6 Å². The maximum Gasteiger partial charge on any atom is 0.238 e. The zero-order valence-electron chi connectivity index (χ0n) is 17.9. The minimum atomic E-state index is -4.19. The quantitative estimate of drug-likeness (QED) is 0.417. The summed E-state index contributed by atoms with van der Waals surface area (Å²) in [5, 5.41) is 2.54. The van der Waals surface area contributed by atoms with Crippen molar-refractivity contribution in [2.75, 3.05) is 25.6 Å². The highest BCUT2D eigenvalue weighted by atomic mass is 32.2. The van der Waals surface area contributed by atoms with Crippen LogP contribution in [0, 0.1) is 5.82 Å². The molecule has 2 heterocycles. The Hall–Kier alpha value is -4.05. The minimum Gasteiger partial charge on any atom is -0.497 e. The third-order valence-corrected chi connectivity index (χ3v) is 6.79. The van der Waals surface area contributed by atoms with Crippen molar-refractivity contribution >= 4 is 21.4 Å². The molecule has 0 saturated heterocycles. The first-order valence-corrected chi connectivity index (χ1v) is 11.8. The van der Waals surface area contributed by atoms with Gasteiger partial charge in [0, 0.05) is 11.8 Å². The normalized spacial score (nSPS) is 12.9. The van der Waals surface area contributed by atoms with E-state index in [1.165, 1.54) is 43.5 Å². The van der Waals surface area contributed by atoms with Gasteiger partial charge in [0.2, 0.25) is 26.6 Å². The predicted octanol–water partition coefficient (Wildman–Crippen LogP) is 4.84. The number of oxazole rings is 1. The average Bonchev–Trinajstić information content (AvgIpc) is 3.29. The van der Waals surface area contributed by atoms with E-state index in [0.29, 0.717) is 36.1 Å². The van der Waals surface area contributed by atoms with Crippen molar-refractivity contribution < 1.29 is 31.4 Å². The highest BCUT2D eigenvalue weighted by Crippen LogP contribution is 2.38. The van der Waals surface area contributed by atoms with Crippen LogP contribution in [-0.2, 0) is 9.84 Å². The second-order valence-corrected chi connectivity index (χ2v) is 9.16. The monoisotopic (exact) mass is 482 g/mol. The van der Waals surface area contributed by atoms with Crippen LogP contribution in [-0.4, -0.2) is 33.7 Å². The number of nitrogens with one attached hydrogen (secondary N) is 1. The first-order chi connectivity index (χ1) is 16.5. The van der Waals surface area contributed by atoms with E-state index in [4.69, 9.17) is 18.6 Å². The molecule has 0 spiro atoms. The number of rotatable bonds is 6. The molecule has 0 radical (unpaired) electrons. The Labute approximate surface area is 194 Å². The van der Waals surface area contributed by atoms with E-state index < -0.39 is 20.7 Å². The Balaban J connectivity index is 1.61. The Kier molecular flexibility index (Phi) is 5.58. The van der Waals surface area contributed by atoms with Crippen LogP contribution in [0.2, 0.25) is 0 Å². The van der Waals surface area contributed by atoms with Gasteiger partial charge in [0.25, 0.3) is 0 Å². The summed E-state index contributed by atoms with van der Waals surface area (Å²) in [6.45, 7) is 0.687. The Morgan fingerprint density at radius 1 is 0.971 bits per heavy atom. The summed E-state index contributed by atoms with van der Waals surface area (Å²) in [5.41, 5.74) is 0.555. The fourth-order valence-electron chi connectivity index (χ4n) is 3.43. The summed E-state index contributed by atoms with van der Waals surface area (Å²) in [5.74, 6) is 0.467. The number of aromatic nitrogens is 1. The van der Waals surface area contributed by atoms with Gasteiger partial charge in [-0.05, 0) is 48.5 Å². The topological polar surface area (TPSA) is 99.9 Å². The molecule has 0 unspecified atom stereocenters. The summed E-state index contributed by atoms with van der Waals surface area (Å²) < 4.78 is 63.5. The Morgan fingerprint density at radius 3 is 2.44 bits per heavy atom. The lowest BCUT2D eigenvalue weighted by Gasteiger charge is -2.18. The van der Waals surface area contributed by atoms with Crippen LogP contribution in [0.15, 0.2) is 81.1 Å². The molecule has 1 aliphatic rings. The molecule has 0 bridgehead atoms. The number of benzene rings is 3. The highest BCUT2D eigenvalue weighted by Gasteiger charge is 2.30. The predicted molar refractivity (Wildman–Crippen MR) is 121 cm³/mol. The fraction of sp³-hybridized carbons (Fsp3) is 0.125. The van der Waals surface area contributed by atoms with Crippen LogP contribution >= 0.6 is 0 Å². The van der Waals surface area contributed by atoms with Gasteiger partial charge in [-0.2, -0.15) is 4.98 Å². The Morgan fingerprint density at radius 2 is 1.71 bits per heavy atom. The first kappa shape index (κ1) is 21.8. The van der Waals surface area contributed by atoms with Crippen LogP contribution in [0.1, 0.15) is 0 Å². The number of anilines is 2. The first-order valence-electron chi connectivity index (χ1n) is 10.3. The molecule has 0 saturated carbocycles. The van der Waals surface area contributed by atoms with Crippen molar-refractivity contribution in [1.29, 1.82) is 0 Å². The van der Waals surface area contributed by atoms with Gasteiger partial charge in [-0.1, -0.05) is 12.1 Å². The van der Waals surface area contributed by atoms with Gasteiger partial charge >= 0.3 is 0 Å². The zero-order valence-corrected chi connectivity index (χ0v) is 18.8. The van der Waals surface area contributed by atoms with Crippen LogP contribution in [0.25, 0.3) is 11.5 Å². The van der Waals surface area contributed by atoms with Crippen LogP contribution in [0.5, 0.6) is 17.2 Å². The van der Waals surface area contributed by atoms with Crippen molar-refractivity contribution in [3.8, 4) is 28.7 Å². The lowest BCUT2D eigenvalue weighted by molar-refractivity contribution is 0.171. The number of hydrogen-bond donors (Lipinski definition) is 1. The molecule has 0 aliphatic carbocycles. The molecular formula is C24H19FN2O6S. The van der Waals surface area contributed by atoms with E-state index in [-0.39, 0.29) is 22.2 Å². The summed E-state index contributed by atoms with van der Waals surface area (Å²) in [4.78, 5) is 4.11. The van der Waals surface area contributed by atoms with Gasteiger partial charge in [-0.3, -0.25) is 0 Å². The van der Waals surface area contributed by atoms with Crippen LogP contribution in [0.4, 0.5) is 16.0 Å². The van der Waals surface area contributed by atoms with Crippen molar-refractivity contribution in [1.82, 2.24) is 4.98 Å². The van der Waals surface area contributed by atoms with Gasteiger partial charge in [-0.25, -0.2) is 12.8 Å². The molecule has 10 heteroatoms. The highest BCUT2D eigenvalue weighted by molar-refractivity contribution is 7.91. The third-order valence-electron chi connectivity index (χ3n) is 5.13. The number of ether oxygens (including phenoxy) is 3. The average molecular weight is 482 g/mol. The van der Waals surface area contributed by atoms with Crippen molar-refractivity contribution in [2.24, 2.45) is 0 Å². The van der Waals surface area contributed by atoms with Crippen LogP contribution in [0.3, 0.4) is 0 Å². The van der Waals surface area contributed by atoms with Gasteiger partial charge < -0.3 is 23.9 Å². The Bertz CT molecular complexity index is 1450. The van der Waals surface area contributed by atoms with E-state index in [1.54, 1.807) is 30.3 Å². The number of hydrogen-bond acceptors (Lipinski definition) is 8. The molecule has 1 aromatic heterocycles. The largest absolute Gasteiger partial charge is 0.497 e.